The lowest BCUT2D eigenvalue weighted by atomic mass is 10.1. The molecule has 0 aromatic heterocycles. The molecule has 0 bridgehead atoms. The number of benzene rings is 1. The van der Waals surface area contributed by atoms with E-state index < -0.39 is 17.7 Å². The number of hydrogen-bond acceptors (Lipinski definition) is 2. The highest BCUT2D eigenvalue weighted by molar-refractivity contribution is 9.10. The summed E-state index contributed by atoms with van der Waals surface area (Å²) in [6.07, 6.45) is -1.03. The Morgan fingerprint density at radius 1 is 1.36 bits per heavy atom. The second kappa shape index (κ2) is 4.82. The maximum atomic E-state index is 13.2. The molecule has 0 aliphatic carbocycles. The summed E-state index contributed by atoms with van der Waals surface area (Å²) in [5, 5.41) is 9.16. The van der Waals surface area contributed by atoms with Gasteiger partial charge < -0.3 is 10.8 Å². The highest BCUT2D eigenvalue weighted by Gasteiger charge is 2.13. The first kappa shape index (κ1) is 11.6. The molecule has 0 saturated carbocycles. The molecule has 0 spiro atoms. The summed E-state index contributed by atoms with van der Waals surface area (Å²) in [4.78, 5) is 0. The fraction of sp³-hybridized carbons (Fsp3) is 0.333. The Labute approximate surface area is 88.9 Å². The van der Waals surface area contributed by atoms with Crippen molar-refractivity contribution in [3.8, 4) is 0 Å². The standard InChI is InChI=1S/C9H10BrF2NO/c10-5-1-8(11)7(9(12)2-5)3-6(14)4-13/h1-2,6,14H,3-4,13H2. The van der Waals surface area contributed by atoms with Crippen LogP contribution in [0.3, 0.4) is 0 Å². The first-order valence-electron chi connectivity index (χ1n) is 4.06. The van der Waals surface area contributed by atoms with Crippen molar-refractivity contribution in [2.24, 2.45) is 5.73 Å². The Morgan fingerprint density at radius 3 is 2.29 bits per heavy atom. The van der Waals surface area contributed by atoms with Gasteiger partial charge in [-0.25, -0.2) is 8.78 Å². The fourth-order valence-electron chi connectivity index (χ4n) is 1.09. The van der Waals surface area contributed by atoms with Crippen LogP contribution in [0.25, 0.3) is 0 Å². The average molecular weight is 266 g/mol. The van der Waals surface area contributed by atoms with Gasteiger partial charge in [0.2, 0.25) is 0 Å². The minimum Gasteiger partial charge on any atom is -0.391 e. The summed E-state index contributed by atoms with van der Waals surface area (Å²) in [5.41, 5.74) is 5.01. The first-order chi connectivity index (χ1) is 6.54. The van der Waals surface area contributed by atoms with E-state index in [4.69, 9.17) is 10.8 Å². The first-order valence-corrected chi connectivity index (χ1v) is 4.85. The third kappa shape index (κ3) is 2.73. The molecule has 14 heavy (non-hydrogen) atoms. The molecule has 3 N–H and O–H groups in total. The maximum absolute atomic E-state index is 13.2. The van der Waals surface area contributed by atoms with Crippen molar-refractivity contribution in [1.82, 2.24) is 0 Å². The van der Waals surface area contributed by atoms with E-state index in [-0.39, 0.29) is 18.5 Å². The molecule has 0 fully saturated rings. The molecule has 5 heteroatoms. The number of rotatable bonds is 3. The Morgan fingerprint density at radius 2 is 1.86 bits per heavy atom. The summed E-state index contributed by atoms with van der Waals surface area (Å²) in [5.74, 6) is -1.35. The third-order valence-electron chi connectivity index (χ3n) is 1.82. The largest absolute Gasteiger partial charge is 0.391 e. The lowest BCUT2D eigenvalue weighted by Crippen LogP contribution is -2.23. The highest BCUT2D eigenvalue weighted by atomic mass is 79.9. The van der Waals surface area contributed by atoms with Crippen LogP contribution in [0, 0.1) is 11.6 Å². The van der Waals surface area contributed by atoms with Crippen molar-refractivity contribution in [3.05, 3.63) is 33.8 Å². The minimum absolute atomic E-state index is 0.0189. The van der Waals surface area contributed by atoms with Crippen molar-refractivity contribution >= 4 is 15.9 Å². The van der Waals surface area contributed by atoms with Gasteiger partial charge in [0, 0.05) is 23.0 Å². The van der Waals surface area contributed by atoms with Crippen LogP contribution in [-0.2, 0) is 6.42 Å². The van der Waals surface area contributed by atoms with Gasteiger partial charge in [-0.05, 0) is 12.1 Å². The van der Waals surface area contributed by atoms with Crippen molar-refractivity contribution in [3.63, 3.8) is 0 Å². The van der Waals surface area contributed by atoms with E-state index in [2.05, 4.69) is 15.9 Å². The molecule has 0 saturated heterocycles. The van der Waals surface area contributed by atoms with Gasteiger partial charge in [-0.3, -0.25) is 0 Å². The molecule has 1 rings (SSSR count). The molecule has 2 nitrogen and oxygen atoms in total. The number of nitrogens with two attached hydrogens (primary N) is 1. The molecule has 1 atom stereocenters. The van der Waals surface area contributed by atoms with Crippen LogP contribution in [0.5, 0.6) is 0 Å². The number of aliphatic hydroxyl groups is 1. The van der Waals surface area contributed by atoms with E-state index >= 15 is 0 Å². The molecular formula is C9H10BrF2NO. The van der Waals surface area contributed by atoms with E-state index in [1.807, 2.05) is 0 Å². The van der Waals surface area contributed by atoms with Gasteiger partial charge in [0.25, 0.3) is 0 Å². The summed E-state index contributed by atoms with van der Waals surface area (Å²) in [6, 6.07) is 2.31. The lowest BCUT2D eigenvalue weighted by molar-refractivity contribution is 0.180. The van der Waals surface area contributed by atoms with Gasteiger partial charge in [-0.15, -0.1) is 0 Å². The van der Waals surface area contributed by atoms with Gasteiger partial charge >= 0.3 is 0 Å². The quantitative estimate of drug-likeness (QED) is 0.872. The van der Waals surface area contributed by atoms with Crippen LogP contribution < -0.4 is 5.73 Å². The third-order valence-corrected chi connectivity index (χ3v) is 2.28. The molecule has 0 radical (unpaired) electrons. The smallest absolute Gasteiger partial charge is 0.130 e. The summed E-state index contributed by atoms with van der Waals surface area (Å²) in [7, 11) is 0. The van der Waals surface area contributed by atoms with Gasteiger partial charge in [0.15, 0.2) is 0 Å². The van der Waals surface area contributed by atoms with E-state index in [1.54, 1.807) is 0 Å². The zero-order valence-corrected chi connectivity index (χ0v) is 8.89. The molecule has 1 aromatic rings. The van der Waals surface area contributed by atoms with E-state index in [0.717, 1.165) is 12.1 Å². The fourth-order valence-corrected chi connectivity index (χ4v) is 1.49. The molecule has 0 aliphatic rings. The van der Waals surface area contributed by atoms with Crippen LogP contribution >= 0.6 is 15.9 Å². The van der Waals surface area contributed by atoms with Gasteiger partial charge in [-0.1, -0.05) is 15.9 Å². The Hall–Kier alpha value is -0.520. The van der Waals surface area contributed by atoms with E-state index in [0.29, 0.717) is 4.47 Å². The highest BCUT2D eigenvalue weighted by Crippen LogP contribution is 2.20. The van der Waals surface area contributed by atoms with Gasteiger partial charge in [-0.2, -0.15) is 0 Å². The Balaban J connectivity index is 2.96. The van der Waals surface area contributed by atoms with E-state index in [1.165, 1.54) is 0 Å². The summed E-state index contributed by atoms with van der Waals surface area (Å²) >= 11 is 2.96. The van der Waals surface area contributed by atoms with Crippen LogP contribution in [0.15, 0.2) is 16.6 Å². The van der Waals surface area contributed by atoms with Crippen molar-refractivity contribution in [1.29, 1.82) is 0 Å². The lowest BCUT2D eigenvalue weighted by Gasteiger charge is -2.09. The second-order valence-electron chi connectivity index (χ2n) is 2.94. The monoisotopic (exact) mass is 265 g/mol. The molecule has 0 aliphatic heterocycles. The second-order valence-corrected chi connectivity index (χ2v) is 3.86. The van der Waals surface area contributed by atoms with Crippen molar-refractivity contribution in [2.75, 3.05) is 6.54 Å². The molecule has 1 aromatic carbocycles. The SMILES string of the molecule is NCC(O)Cc1c(F)cc(Br)cc1F. The summed E-state index contributed by atoms with van der Waals surface area (Å²) in [6.45, 7) is -0.0189. The molecule has 78 valence electrons. The van der Waals surface area contributed by atoms with Crippen LogP contribution in [0.4, 0.5) is 8.78 Å². The molecule has 1 unspecified atom stereocenters. The average Bonchev–Trinajstić information content (AvgIpc) is 2.10. The minimum atomic E-state index is -0.917. The van der Waals surface area contributed by atoms with Gasteiger partial charge in [0.1, 0.15) is 11.6 Å². The normalized spacial score (nSPS) is 12.9. The van der Waals surface area contributed by atoms with Crippen molar-refractivity contribution < 1.29 is 13.9 Å². The van der Waals surface area contributed by atoms with Gasteiger partial charge in [0.05, 0.1) is 6.10 Å². The number of halogens is 3. The zero-order chi connectivity index (χ0) is 10.7. The molecule has 0 amide bonds. The molecule has 0 heterocycles. The van der Waals surface area contributed by atoms with Crippen LogP contribution in [0.1, 0.15) is 5.56 Å². The number of aliphatic hydroxyl groups excluding tert-OH is 1. The Kier molecular flexibility index (Phi) is 3.97. The summed E-state index contributed by atoms with van der Waals surface area (Å²) < 4.78 is 26.7. The maximum Gasteiger partial charge on any atom is 0.130 e. The Bertz CT molecular complexity index is 310. The van der Waals surface area contributed by atoms with Crippen LogP contribution in [-0.4, -0.2) is 17.8 Å². The molecular weight excluding hydrogens is 256 g/mol. The topological polar surface area (TPSA) is 46.2 Å². The van der Waals surface area contributed by atoms with Crippen molar-refractivity contribution in [2.45, 2.75) is 12.5 Å². The zero-order valence-electron chi connectivity index (χ0n) is 7.30. The van der Waals surface area contributed by atoms with Crippen LogP contribution in [0.2, 0.25) is 0 Å². The predicted octanol–water partition coefficient (Wildman–Crippen LogP) is 1.59. The number of hydrogen-bond donors (Lipinski definition) is 2. The van der Waals surface area contributed by atoms with E-state index in [9.17, 15) is 8.78 Å². The predicted molar refractivity (Wildman–Crippen MR) is 52.8 cm³/mol.